The van der Waals surface area contributed by atoms with Crippen molar-refractivity contribution in [3.63, 3.8) is 0 Å². The van der Waals surface area contributed by atoms with Crippen LogP contribution >= 0.6 is 0 Å². The molecule has 0 aliphatic heterocycles. The highest BCUT2D eigenvalue weighted by Crippen LogP contribution is 2.42. The van der Waals surface area contributed by atoms with E-state index in [0.717, 1.165) is 12.8 Å². The Kier molecular flexibility index (Phi) is 11.6. The first-order chi connectivity index (χ1) is 14.5. The topological polar surface area (TPSA) is 30.8 Å². The van der Waals surface area contributed by atoms with Gasteiger partial charge in [-0.15, -0.1) is 0 Å². The second-order valence-electron chi connectivity index (χ2n) is 8.66. The van der Waals surface area contributed by atoms with Crippen molar-refractivity contribution in [2.24, 2.45) is 4.99 Å². The molecule has 0 saturated carbocycles. The standard InChI is InChI=1S/C24H38F3NO2Si/c1-19(2)31(20(3)4,21(5)6)30-18-16-28-23(24(25,26)27)29-17-12-8-11-15-22-13-9-7-10-14-22/h7-10,12-14,19-21H,11,15-18H2,1-6H3/b12-8+,28-23?. The molecule has 0 amide bonds. The molecule has 1 aromatic carbocycles. The fourth-order valence-corrected chi connectivity index (χ4v) is 9.74. The number of rotatable bonds is 12. The van der Waals surface area contributed by atoms with Gasteiger partial charge in [0.05, 0.1) is 13.2 Å². The molecule has 3 nitrogen and oxygen atoms in total. The Morgan fingerprint density at radius 1 is 0.968 bits per heavy atom. The van der Waals surface area contributed by atoms with Crippen molar-refractivity contribution in [1.29, 1.82) is 0 Å². The Hall–Kier alpha value is -1.60. The molecule has 0 N–H and O–H groups in total. The Balaban J connectivity index is 2.58. The molecule has 0 radical (unpaired) electrons. The van der Waals surface area contributed by atoms with Gasteiger partial charge in [0, 0.05) is 0 Å². The minimum absolute atomic E-state index is 0.0620. The number of hydrogen-bond donors (Lipinski definition) is 0. The van der Waals surface area contributed by atoms with Gasteiger partial charge < -0.3 is 9.16 Å². The lowest BCUT2D eigenvalue weighted by Gasteiger charge is -2.42. The van der Waals surface area contributed by atoms with Crippen LogP contribution in [-0.4, -0.2) is 40.1 Å². The highest BCUT2D eigenvalue weighted by molar-refractivity contribution is 6.77. The van der Waals surface area contributed by atoms with Crippen LogP contribution in [0.25, 0.3) is 0 Å². The zero-order valence-electron chi connectivity index (χ0n) is 19.7. The average Bonchev–Trinajstić information content (AvgIpc) is 2.67. The Morgan fingerprint density at radius 3 is 2.06 bits per heavy atom. The number of nitrogens with zero attached hydrogens (tertiary/aromatic N) is 1. The van der Waals surface area contributed by atoms with E-state index in [4.69, 9.17) is 9.16 Å². The Bertz CT molecular complexity index is 664. The number of alkyl halides is 3. The van der Waals surface area contributed by atoms with Gasteiger partial charge in [-0.3, -0.25) is 0 Å². The van der Waals surface area contributed by atoms with Crippen LogP contribution < -0.4 is 0 Å². The van der Waals surface area contributed by atoms with E-state index in [0.29, 0.717) is 16.6 Å². The molecule has 0 atom stereocenters. The maximum atomic E-state index is 13.3. The van der Waals surface area contributed by atoms with Crippen molar-refractivity contribution >= 4 is 14.2 Å². The molecule has 0 aromatic heterocycles. The molecule has 176 valence electrons. The molecule has 0 heterocycles. The first kappa shape index (κ1) is 27.4. The quantitative estimate of drug-likeness (QED) is 0.108. The predicted molar refractivity (Wildman–Crippen MR) is 125 cm³/mol. The third-order valence-corrected chi connectivity index (χ3v) is 11.7. The normalized spacial score (nSPS) is 13.7. The second kappa shape index (κ2) is 13.1. The number of aryl methyl sites for hydroxylation is 1. The first-order valence-corrected chi connectivity index (χ1v) is 13.2. The summed E-state index contributed by atoms with van der Waals surface area (Å²) in [6.45, 7) is 12.8. The molecule has 0 spiro atoms. The summed E-state index contributed by atoms with van der Waals surface area (Å²) in [7, 11) is -2.12. The first-order valence-electron chi connectivity index (χ1n) is 11.1. The number of halogens is 3. The van der Waals surface area contributed by atoms with Crippen LogP contribution in [-0.2, 0) is 15.6 Å². The number of benzene rings is 1. The van der Waals surface area contributed by atoms with E-state index in [-0.39, 0.29) is 19.8 Å². The predicted octanol–water partition coefficient (Wildman–Crippen LogP) is 7.34. The smallest absolute Gasteiger partial charge is 0.468 e. The maximum absolute atomic E-state index is 13.3. The third-order valence-electron chi connectivity index (χ3n) is 5.57. The van der Waals surface area contributed by atoms with Crippen molar-refractivity contribution in [3.8, 4) is 0 Å². The van der Waals surface area contributed by atoms with Crippen molar-refractivity contribution < 1.29 is 22.3 Å². The van der Waals surface area contributed by atoms with Gasteiger partial charge in [0.25, 0.3) is 5.90 Å². The second-order valence-corrected chi connectivity index (χ2v) is 14.1. The highest BCUT2D eigenvalue weighted by Gasteiger charge is 2.45. The van der Waals surface area contributed by atoms with Crippen LogP contribution in [0.3, 0.4) is 0 Å². The minimum atomic E-state index is -4.61. The summed E-state index contributed by atoms with van der Waals surface area (Å²) in [5.41, 5.74) is 2.30. The van der Waals surface area contributed by atoms with E-state index >= 15 is 0 Å². The van der Waals surface area contributed by atoms with Gasteiger partial charge in [0.15, 0.2) is 8.32 Å². The molecule has 7 heteroatoms. The minimum Gasteiger partial charge on any atom is -0.470 e. The van der Waals surface area contributed by atoms with Gasteiger partial charge in [-0.25, -0.2) is 4.99 Å². The lowest BCUT2D eigenvalue weighted by molar-refractivity contribution is -0.0774. The molecule has 0 saturated heterocycles. The highest BCUT2D eigenvalue weighted by atomic mass is 28.4. The molecule has 0 aliphatic carbocycles. The van der Waals surface area contributed by atoms with Crippen molar-refractivity contribution in [2.75, 3.05) is 19.8 Å². The van der Waals surface area contributed by atoms with Crippen LogP contribution in [0, 0.1) is 0 Å². The number of ether oxygens (including phenoxy) is 1. The summed E-state index contributed by atoms with van der Waals surface area (Å²) in [4.78, 5) is 3.67. The molecule has 1 rings (SSSR count). The van der Waals surface area contributed by atoms with E-state index in [1.54, 1.807) is 6.08 Å². The SMILES string of the molecule is CC(C)[Si](OCCN=C(OC/C=C/CCc1ccccc1)C(F)(F)F)(C(C)C)C(C)C. The monoisotopic (exact) mass is 457 g/mol. The van der Waals surface area contributed by atoms with E-state index < -0.39 is 20.4 Å². The van der Waals surface area contributed by atoms with E-state index in [1.807, 2.05) is 36.4 Å². The largest absolute Gasteiger partial charge is 0.470 e. The Morgan fingerprint density at radius 2 is 1.55 bits per heavy atom. The summed E-state index contributed by atoms with van der Waals surface area (Å²) in [6.07, 6.45) is 0.404. The van der Waals surface area contributed by atoms with E-state index in [1.165, 1.54) is 5.56 Å². The molecule has 0 fully saturated rings. The van der Waals surface area contributed by atoms with Crippen LogP contribution in [0.4, 0.5) is 13.2 Å². The molecule has 31 heavy (non-hydrogen) atoms. The van der Waals surface area contributed by atoms with Crippen LogP contribution in [0.15, 0.2) is 47.5 Å². The molecule has 1 aromatic rings. The van der Waals surface area contributed by atoms with E-state index in [9.17, 15) is 13.2 Å². The van der Waals surface area contributed by atoms with Crippen molar-refractivity contribution in [1.82, 2.24) is 0 Å². The van der Waals surface area contributed by atoms with Crippen LogP contribution in [0.5, 0.6) is 0 Å². The summed E-state index contributed by atoms with van der Waals surface area (Å²) < 4.78 is 51.0. The zero-order valence-corrected chi connectivity index (χ0v) is 20.7. The van der Waals surface area contributed by atoms with Crippen LogP contribution in [0.1, 0.15) is 53.5 Å². The molecular weight excluding hydrogens is 419 g/mol. The van der Waals surface area contributed by atoms with E-state index in [2.05, 4.69) is 46.5 Å². The van der Waals surface area contributed by atoms with Gasteiger partial charge in [0.1, 0.15) is 6.61 Å². The van der Waals surface area contributed by atoms with Gasteiger partial charge in [-0.2, -0.15) is 13.2 Å². The summed E-state index contributed by atoms with van der Waals surface area (Å²) in [6, 6.07) is 9.93. The number of hydrogen-bond acceptors (Lipinski definition) is 3. The van der Waals surface area contributed by atoms with Crippen molar-refractivity contribution in [2.45, 2.75) is 77.2 Å². The van der Waals surface area contributed by atoms with Gasteiger partial charge >= 0.3 is 6.18 Å². The Labute approximate surface area is 186 Å². The summed E-state index contributed by atoms with van der Waals surface area (Å²) in [5, 5.41) is 0. The van der Waals surface area contributed by atoms with Gasteiger partial charge in [0.2, 0.25) is 0 Å². The molecule has 0 unspecified atom stereocenters. The lowest BCUT2D eigenvalue weighted by atomic mass is 10.1. The summed E-state index contributed by atoms with van der Waals surface area (Å²) in [5.74, 6) is -1.19. The third kappa shape index (κ3) is 8.81. The number of aliphatic imine (C=N–C) groups is 1. The number of allylic oxidation sites excluding steroid dienone is 1. The maximum Gasteiger partial charge on any atom is 0.468 e. The fourth-order valence-electron chi connectivity index (χ4n) is 4.29. The van der Waals surface area contributed by atoms with Crippen molar-refractivity contribution in [3.05, 3.63) is 48.0 Å². The molecular formula is C24H38F3NO2Si. The van der Waals surface area contributed by atoms with Crippen LogP contribution in [0.2, 0.25) is 16.6 Å². The summed E-state index contributed by atoms with van der Waals surface area (Å²) >= 11 is 0. The molecule has 0 bridgehead atoms. The van der Waals surface area contributed by atoms with Gasteiger partial charge in [-0.1, -0.05) is 84.0 Å². The lowest BCUT2D eigenvalue weighted by Crippen LogP contribution is -2.48. The van der Waals surface area contributed by atoms with Gasteiger partial charge in [-0.05, 0) is 35.0 Å². The average molecular weight is 458 g/mol. The fraction of sp³-hybridized carbons (Fsp3) is 0.625. The zero-order chi connectivity index (χ0) is 23.5. The molecule has 0 aliphatic rings.